The van der Waals surface area contributed by atoms with Gasteiger partial charge in [-0.3, -0.25) is 4.21 Å². The van der Waals surface area contributed by atoms with E-state index >= 15 is 0 Å². The highest BCUT2D eigenvalue weighted by atomic mass is 32.2. The van der Waals surface area contributed by atoms with Crippen LogP contribution in [0, 0.1) is 5.41 Å². The van der Waals surface area contributed by atoms with Crippen molar-refractivity contribution in [3.63, 3.8) is 0 Å². The molecule has 0 saturated heterocycles. The van der Waals surface area contributed by atoms with E-state index in [1.54, 1.807) is 0 Å². The van der Waals surface area contributed by atoms with Crippen molar-refractivity contribution in [1.29, 1.82) is 0 Å². The molecule has 3 atom stereocenters. The third-order valence-electron chi connectivity index (χ3n) is 4.53. The zero-order chi connectivity index (χ0) is 11.8. The van der Waals surface area contributed by atoms with Crippen LogP contribution in [0.2, 0.25) is 0 Å². The molecule has 0 aliphatic heterocycles. The van der Waals surface area contributed by atoms with Gasteiger partial charge in [-0.25, -0.2) is 0 Å². The smallest absolute Gasteiger partial charge is 0.0509 e. The molecule has 2 rings (SSSR count). The van der Waals surface area contributed by atoms with Gasteiger partial charge in [0.2, 0.25) is 0 Å². The number of hydrogen-bond donors (Lipinski definition) is 1. The van der Waals surface area contributed by atoms with Gasteiger partial charge in [-0.15, -0.1) is 0 Å². The summed E-state index contributed by atoms with van der Waals surface area (Å²) in [5, 5.41) is 4.30. The molecule has 0 bridgehead atoms. The molecule has 2 nitrogen and oxygen atoms in total. The first kappa shape index (κ1) is 12.6. The minimum atomic E-state index is -0.610. The predicted octanol–water partition coefficient (Wildman–Crippen LogP) is 2.45. The Morgan fingerprint density at radius 2 is 1.81 bits per heavy atom. The van der Waals surface area contributed by atoms with Crippen LogP contribution >= 0.6 is 0 Å². The van der Waals surface area contributed by atoms with Gasteiger partial charge in [0.25, 0.3) is 0 Å². The summed E-state index contributed by atoms with van der Waals surface area (Å²) in [7, 11) is 1.41. The van der Waals surface area contributed by atoms with Crippen LogP contribution in [0.5, 0.6) is 0 Å². The Kier molecular flexibility index (Phi) is 3.75. The fourth-order valence-electron chi connectivity index (χ4n) is 3.53. The Labute approximate surface area is 102 Å². The second kappa shape index (κ2) is 4.77. The summed E-state index contributed by atoms with van der Waals surface area (Å²) in [6.07, 6.45) is 7.32. The monoisotopic (exact) mass is 243 g/mol. The lowest BCUT2D eigenvalue weighted by Crippen LogP contribution is -2.45. The Bertz CT molecular complexity index is 271. The van der Waals surface area contributed by atoms with E-state index in [9.17, 15) is 4.21 Å². The first-order valence-electron chi connectivity index (χ1n) is 6.63. The lowest BCUT2D eigenvalue weighted by molar-refractivity contribution is 0.298. The first-order valence-corrected chi connectivity index (χ1v) is 7.90. The van der Waals surface area contributed by atoms with Gasteiger partial charge in [-0.1, -0.05) is 26.7 Å². The zero-order valence-corrected chi connectivity index (χ0v) is 11.6. The fourth-order valence-corrected chi connectivity index (χ4v) is 5.95. The van der Waals surface area contributed by atoms with Crippen LogP contribution in [0.4, 0.5) is 0 Å². The molecule has 1 N–H and O–H groups in total. The van der Waals surface area contributed by atoms with E-state index in [4.69, 9.17) is 0 Å². The molecule has 3 unspecified atom stereocenters. The molecule has 0 aromatic heterocycles. The van der Waals surface area contributed by atoms with E-state index in [0.717, 1.165) is 6.42 Å². The summed E-state index contributed by atoms with van der Waals surface area (Å²) in [5.41, 5.74) is 0.313. The van der Waals surface area contributed by atoms with E-state index < -0.39 is 10.8 Å². The largest absolute Gasteiger partial charge is 0.315 e. The van der Waals surface area contributed by atoms with Crippen molar-refractivity contribution in [2.75, 3.05) is 7.05 Å². The summed E-state index contributed by atoms with van der Waals surface area (Å²) >= 11 is 0. The van der Waals surface area contributed by atoms with Crippen LogP contribution in [0.3, 0.4) is 0 Å². The average molecular weight is 243 g/mol. The molecule has 0 aromatic carbocycles. The summed E-state index contributed by atoms with van der Waals surface area (Å²) in [6, 6.07) is 0.439. The van der Waals surface area contributed by atoms with Crippen LogP contribution in [-0.2, 0) is 10.8 Å². The SMILES string of the molecule is CNC1C(S(=O)C2CCCC2)CCC1(C)C. The van der Waals surface area contributed by atoms with Crippen molar-refractivity contribution in [2.24, 2.45) is 5.41 Å². The minimum absolute atomic E-state index is 0.313. The maximum Gasteiger partial charge on any atom is 0.0509 e. The molecule has 2 aliphatic carbocycles. The van der Waals surface area contributed by atoms with E-state index in [2.05, 4.69) is 19.2 Å². The van der Waals surface area contributed by atoms with Crippen molar-refractivity contribution >= 4 is 10.8 Å². The quantitative estimate of drug-likeness (QED) is 0.825. The number of hydrogen-bond acceptors (Lipinski definition) is 2. The van der Waals surface area contributed by atoms with E-state index in [1.807, 2.05) is 7.05 Å². The maximum atomic E-state index is 12.6. The van der Waals surface area contributed by atoms with Crippen molar-refractivity contribution in [3.8, 4) is 0 Å². The summed E-state index contributed by atoms with van der Waals surface area (Å²) in [5.74, 6) is 0. The molecule has 2 fully saturated rings. The van der Waals surface area contributed by atoms with Crippen LogP contribution in [0.25, 0.3) is 0 Å². The molecule has 0 heterocycles. The molecule has 2 saturated carbocycles. The Hall–Kier alpha value is 0.110. The van der Waals surface area contributed by atoms with Crippen LogP contribution in [0.1, 0.15) is 52.4 Å². The lowest BCUT2D eigenvalue weighted by Gasteiger charge is -2.31. The van der Waals surface area contributed by atoms with E-state index in [-0.39, 0.29) is 0 Å². The highest BCUT2D eigenvalue weighted by Gasteiger charge is 2.45. The second-order valence-corrected chi connectivity index (χ2v) is 8.00. The van der Waals surface area contributed by atoms with E-state index in [0.29, 0.717) is 22.0 Å². The van der Waals surface area contributed by atoms with Crippen molar-refractivity contribution < 1.29 is 4.21 Å². The van der Waals surface area contributed by atoms with Crippen molar-refractivity contribution in [1.82, 2.24) is 5.32 Å². The molecule has 0 aromatic rings. The molecule has 94 valence electrons. The molecule has 16 heavy (non-hydrogen) atoms. The van der Waals surface area contributed by atoms with Gasteiger partial charge in [0, 0.05) is 22.1 Å². The summed E-state index contributed by atoms with van der Waals surface area (Å²) in [4.78, 5) is 0. The highest BCUT2D eigenvalue weighted by molar-refractivity contribution is 7.86. The summed E-state index contributed by atoms with van der Waals surface area (Å²) in [6.45, 7) is 4.61. The van der Waals surface area contributed by atoms with Gasteiger partial charge in [0.15, 0.2) is 0 Å². The van der Waals surface area contributed by atoms with Gasteiger partial charge in [-0.05, 0) is 38.1 Å². The molecular weight excluding hydrogens is 218 g/mol. The van der Waals surface area contributed by atoms with Crippen molar-refractivity contribution in [3.05, 3.63) is 0 Å². The number of nitrogens with one attached hydrogen (secondary N) is 1. The average Bonchev–Trinajstić information content (AvgIpc) is 2.83. The zero-order valence-electron chi connectivity index (χ0n) is 10.8. The molecule has 0 spiro atoms. The Morgan fingerprint density at radius 3 is 2.38 bits per heavy atom. The molecular formula is C13H25NOS. The lowest BCUT2D eigenvalue weighted by atomic mass is 9.87. The topological polar surface area (TPSA) is 29.1 Å². The third-order valence-corrected chi connectivity index (χ3v) is 6.76. The van der Waals surface area contributed by atoms with Gasteiger partial charge < -0.3 is 5.32 Å². The van der Waals surface area contributed by atoms with Crippen LogP contribution in [0.15, 0.2) is 0 Å². The molecule has 0 radical (unpaired) electrons. The minimum Gasteiger partial charge on any atom is -0.315 e. The first-order chi connectivity index (χ1) is 7.56. The van der Waals surface area contributed by atoms with Gasteiger partial charge in [-0.2, -0.15) is 0 Å². The predicted molar refractivity (Wildman–Crippen MR) is 70.0 cm³/mol. The normalized spacial score (nSPS) is 36.7. The van der Waals surface area contributed by atoms with Crippen LogP contribution in [-0.4, -0.2) is 27.8 Å². The molecule has 3 heteroatoms. The fraction of sp³-hybridized carbons (Fsp3) is 1.00. The van der Waals surface area contributed by atoms with Gasteiger partial charge in [0.05, 0.1) is 5.25 Å². The Balaban J connectivity index is 2.06. The van der Waals surface area contributed by atoms with Gasteiger partial charge >= 0.3 is 0 Å². The van der Waals surface area contributed by atoms with E-state index in [1.165, 1.54) is 32.1 Å². The van der Waals surface area contributed by atoms with Crippen LogP contribution < -0.4 is 5.32 Å². The second-order valence-electron chi connectivity index (χ2n) is 6.07. The van der Waals surface area contributed by atoms with Crippen molar-refractivity contribution in [2.45, 2.75) is 68.9 Å². The third kappa shape index (κ3) is 2.21. The maximum absolute atomic E-state index is 12.6. The van der Waals surface area contributed by atoms with Gasteiger partial charge in [0.1, 0.15) is 0 Å². The highest BCUT2D eigenvalue weighted by Crippen LogP contribution is 2.41. The Morgan fingerprint density at radius 1 is 1.19 bits per heavy atom. The number of rotatable bonds is 3. The standard InChI is InChI=1S/C13H25NOS/c1-13(2)9-8-11(12(13)14-3)16(15)10-6-4-5-7-10/h10-12,14H,4-9H2,1-3H3. The summed E-state index contributed by atoms with van der Waals surface area (Å²) < 4.78 is 12.6. The molecule has 2 aliphatic rings. The molecule has 0 amide bonds.